The first-order valence-corrected chi connectivity index (χ1v) is 6.47. The highest BCUT2D eigenvalue weighted by Gasteiger charge is 2.19. The Hall–Kier alpha value is -1.56. The molecule has 0 atom stereocenters. The van der Waals surface area contributed by atoms with Gasteiger partial charge >= 0.3 is 0 Å². The highest BCUT2D eigenvalue weighted by Crippen LogP contribution is 2.19. The molecule has 0 unspecified atom stereocenters. The van der Waals surface area contributed by atoms with Crippen molar-refractivity contribution >= 4 is 21.7 Å². The molecule has 18 heavy (non-hydrogen) atoms. The molecule has 0 aliphatic heterocycles. The molecule has 0 radical (unpaired) electrons. The Morgan fingerprint density at radius 3 is 2.72 bits per heavy atom. The molecule has 2 aromatic rings. The van der Waals surface area contributed by atoms with Crippen molar-refractivity contribution in [1.82, 2.24) is 19.7 Å². The van der Waals surface area contributed by atoms with Gasteiger partial charge in [-0.3, -0.25) is 14.5 Å². The predicted octanol–water partition coefficient (Wildman–Crippen LogP) is 2.39. The molecule has 2 heterocycles. The first kappa shape index (κ1) is 12.9. The number of nitrogens with zero attached hydrogens (tertiary/aromatic N) is 4. The minimum atomic E-state index is -0.166. The van der Waals surface area contributed by atoms with Gasteiger partial charge in [0.2, 0.25) is 5.78 Å². The maximum atomic E-state index is 12.3. The monoisotopic (exact) mass is 308 g/mol. The molecule has 0 bridgehead atoms. The molecule has 0 aromatic carbocycles. The third kappa shape index (κ3) is 2.48. The molecular weight excluding hydrogens is 296 g/mol. The first-order valence-electron chi connectivity index (χ1n) is 5.68. The van der Waals surface area contributed by atoms with Gasteiger partial charge < -0.3 is 0 Å². The van der Waals surface area contributed by atoms with E-state index in [-0.39, 0.29) is 5.78 Å². The SMILES string of the molecule is CCCn1ncc(Br)c1C(=O)c1cnc(C)cn1. The molecule has 0 aliphatic rings. The molecule has 0 fully saturated rings. The number of carbonyl (C=O) groups is 1. The van der Waals surface area contributed by atoms with Crippen LogP contribution in [-0.2, 0) is 6.54 Å². The van der Waals surface area contributed by atoms with E-state index in [1.54, 1.807) is 17.1 Å². The topological polar surface area (TPSA) is 60.7 Å². The van der Waals surface area contributed by atoms with E-state index in [0.717, 1.165) is 12.1 Å². The van der Waals surface area contributed by atoms with Gasteiger partial charge in [0.1, 0.15) is 11.4 Å². The second kappa shape index (κ2) is 5.39. The van der Waals surface area contributed by atoms with Gasteiger partial charge in [-0.25, -0.2) is 4.98 Å². The van der Waals surface area contributed by atoms with Crippen molar-refractivity contribution in [1.29, 1.82) is 0 Å². The fraction of sp³-hybridized carbons (Fsp3) is 0.333. The van der Waals surface area contributed by atoms with Crippen LogP contribution in [0.3, 0.4) is 0 Å². The highest BCUT2D eigenvalue weighted by molar-refractivity contribution is 9.10. The summed E-state index contributed by atoms with van der Waals surface area (Å²) < 4.78 is 2.37. The van der Waals surface area contributed by atoms with Gasteiger partial charge in [0.15, 0.2) is 0 Å². The average Bonchev–Trinajstić information content (AvgIpc) is 2.71. The number of hydrogen-bond donors (Lipinski definition) is 0. The summed E-state index contributed by atoms with van der Waals surface area (Å²) in [5, 5.41) is 4.17. The fourth-order valence-electron chi connectivity index (χ4n) is 1.60. The van der Waals surface area contributed by atoms with Crippen molar-refractivity contribution in [2.24, 2.45) is 0 Å². The minimum Gasteiger partial charge on any atom is -0.285 e. The summed E-state index contributed by atoms with van der Waals surface area (Å²) in [6, 6.07) is 0. The first-order chi connectivity index (χ1) is 8.63. The van der Waals surface area contributed by atoms with Crippen LogP contribution in [0.2, 0.25) is 0 Å². The molecule has 0 saturated heterocycles. The van der Waals surface area contributed by atoms with E-state index in [9.17, 15) is 4.79 Å². The Bertz CT molecular complexity index is 562. The highest BCUT2D eigenvalue weighted by atomic mass is 79.9. The average molecular weight is 309 g/mol. The lowest BCUT2D eigenvalue weighted by Gasteiger charge is -2.05. The lowest BCUT2D eigenvalue weighted by atomic mass is 10.2. The summed E-state index contributed by atoms with van der Waals surface area (Å²) >= 11 is 3.35. The van der Waals surface area contributed by atoms with E-state index in [0.29, 0.717) is 22.4 Å². The lowest BCUT2D eigenvalue weighted by molar-refractivity contribution is 0.102. The number of aromatic nitrogens is 4. The zero-order chi connectivity index (χ0) is 13.1. The van der Waals surface area contributed by atoms with Crippen molar-refractivity contribution in [2.75, 3.05) is 0 Å². The maximum absolute atomic E-state index is 12.3. The van der Waals surface area contributed by atoms with E-state index in [4.69, 9.17) is 0 Å². The van der Waals surface area contributed by atoms with Gasteiger partial charge in [0.25, 0.3) is 0 Å². The van der Waals surface area contributed by atoms with E-state index in [1.807, 2.05) is 13.8 Å². The second-order valence-corrected chi connectivity index (χ2v) is 4.79. The van der Waals surface area contributed by atoms with Crippen molar-refractivity contribution in [3.05, 3.63) is 40.1 Å². The molecule has 0 amide bonds. The number of rotatable bonds is 4. The van der Waals surface area contributed by atoms with Crippen molar-refractivity contribution in [3.8, 4) is 0 Å². The Balaban J connectivity index is 2.39. The van der Waals surface area contributed by atoms with Crippen LogP contribution in [0.4, 0.5) is 0 Å². The minimum absolute atomic E-state index is 0.166. The molecule has 0 N–H and O–H groups in total. The van der Waals surface area contributed by atoms with Crippen LogP contribution in [0.25, 0.3) is 0 Å². The fourth-order valence-corrected chi connectivity index (χ4v) is 2.08. The number of carbonyl (C=O) groups excluding carboxylic acids is 1. The van der Waals surface area contributed by atoms with E-state index in [1.165, 1.54) is 6.20 Å². The molecule has 2 rings (SSSR count). The number of ketones is 1. The van der Waals surface area contributed by atoms with E-state index in [2.05, 4.69) is 31.0 Å². The molecule has 0 spiro atoms. The second-order valence-electron chi connectivity index (χ2n) is 3.94. The number of aryl methyl sites for hydroxylation is 2. The normalized spacial score (nSPS) is 10.6. The molecule has 5 nitrogen and oxygen atoms in total. The Kier molecular flexibility index (Phi) is 3.86. The van der Waals surface area contributed by atoms with E-state index < -0.39 is 0 Å². The molecule has 6 heteroatoms. The Morgan fingerprint density at radius 2 is 2.11 bits per heavy atom. The van der Waals surface area contributed by atoms with Gasteiger partial charge in [-0.05, 0) is 29.3 Å². The van der Waals surface area contributed by atoms with Crippen LogP contribution in [0.1, 0.15) is 35.2 Å². The van der Waals surface area contributed by atoms with Gasteiger partial charge in [0, 0.05) is 12.7 Å². The summed E-state index contributed by atoms with van der Waals surface area (Å²) in [5.74, 6) is -0.166. The predicted molar refractivity (Wildman–Crippen MR) is 70.4 cm³/mol. The van der Waals surface area contributed by atoms with Gasteiger partial charge in [-0.15, -0.1) is 0 Å². The summed E-state index contributed by atoms with van der Waals surface area (Å²) in [4.78, 5) is 20.5. The zero-order valence-electron chi connectivity index (χ0n) is 10.2. The van der Waals surface area contributed by atoms with Crippen molar-refractivity contribution in [2.45, 2.75) is 26.8 Å². The standard InChI is InChI=1S/C12H13BrN4O/c1-3-4-17-11(9(13)6-16-17)12(18)10-7-14-8(2)5-15-10/h5-7H,3-4H2,1-2H3. The van der Waals surface area contributed by atoms with E-state index >= 15 is 0 Å². The quantitative estimate of drug-likeness (QED) is 0.814. The third-order valence-electron chi connectivity index (χ3n) is 2.46. The maximum Gasteiger partial charge on any atom is 0.232 e. The largest absolute Gasteiger partial charge is 0.285 e. The van der Waals surface area contributed by atoms with Crippen LogP contribution in [-0.4, -0.2) is 25.5 Å². The van der Waals surface area contributed by atoms with Crippen LogP contribution < -0.4 is 0 Å². The zero-order valence-corrected chi connectivity index (χ0v) is 11.8. The smallest absolute Gasteiger partial charge is 0.232 e. The van der Waals surface area contributed by atoms with Gasteiger partial charge in [-0.2, -0.15) is 5.10 Å². The van der Waals surface area contributed by atoms with Gasteiger partial charge in [-0.1, -0.05) is 6.92 Å². The summed E-state index contributed by atoms with van der Waals surface area (Å²) in [6.45, 7) is 4.57. The number of halogens is 1. The van der Waals surface area contributed by atoms with Crippen molar-refractivity contribution < 1.29 is 4.79 Å². The third-order valence-corrected chi connectivity index (χ3v) is 3.04. The number of hydrogen-bond acceptors (Lipinski definition) is 4. The molecule has 0 saturated carbocycles. The molecule has 2 aromatic heterocycles. The summed E-state index contributed by atoms with van der Waals surface area (Å²) in [5.41, 5.74) is 1.64. The molecular formula is C12H13BrN4O. The van der Waals surface area contributed by atoms with Gasteiger partial charge in [0.05, 0.1) is 22.6 Å². The van der Waals surface area contributed by atoms with Crippen LogP contribution in [0, 0.1) is 6.92 Å². The summed E-state index contributed by atoms with van der Waals surface area (Å²) in [7, 11) is 0. The van der Waals surface area contributed by atoms with Crippen molar-refractivity contribution in [3.63, 3.8) is 0 Å². The van der Waals surface area contributed by atoms with Crippen LogP contribution >= 0.6 is 15.9 Å². The Morgan fingerprint density at radius 1 is 1.33 bits per heavy atom. The molecule has 94 valence electrons. The van der Waals surface area contributed by atoms with Crippen LogP contribution in [0.5, 0.6) is 0 Å². The molecule has 0 aliphatic carbocycles. The summed E-state index contributed by atoms with van der Waals surface area (Å²) in [6.07, 6.45) is 5.62. The Labute approximate surface area is 113 Å². The lowest BCUT2D eigenvalue weighted by Crippen LogP contribution is -2.13. The van der Waals surface area contributed by atoms with Crippen LogP contribution in [0.15, 0.2) is 23.1 Å².